The lowest BCUT2D eigenvalue weighted by atomic mass is 9.83. The van der Waals surface area contributed by atoms with Gasteiger partial charge in [0.05, 0.1) is 31.4 Å². The summed E-state index contributed by atoms with van der Waals surface area (Å²) in [7, 11) is 0. The molecule has 7 nitrogen and oxygen atoms in total. The second-order valence-corrected chi connectivity index (χ2v) is 11.2. The van der Waals surface area contributed by atoms with Crippen molar-refractivity contribution in [2.24, 2.45) is 17.8 Å². The lowest BCUT2D eigenvalue weighted by Crippen LogP contribution is -2.41. The zero-order valence-electron chi connectivity index (χ0n) is 21.8. The van der Waals surface area contributed by atoms with Crippen LogP contribution in [0.3, 0.4) is 0 Å². The van der Waals surface area contributed by atoms with Gasteiger partial charge in [-0.1, -0.05) is 56.5 Å². The topological polar surface area (TPSA) is 76.2 Å². The molecule has 0 N–H and O–H groups in total. The highest BCUT2D eigenvalue weighted by Gasteiger charge is 2.32. The summed E-state index contributed by atoms with van der Waals surface area (Å²) in [6, 6.07) is 14.7. The number of fused-ring (bicyclic) bond motifs is 1. The molecule has 2 aromatic heterocycles. The molecule has 0 radical (unpaired) electrons. The van der Waals surface area contributed by atoms with Crippen LogP contribution in [-0.4, -0.2) is 40.9 Å². The van der Waals surface area contributed by atoms with Crippen molar-refractivity contribution in [2.45, 2.75) is 64.5 Å². The molecule has 1 aliphatic heterocycles. The summed E-state index contributed by atoms with van der Waals surface area (Å²) in [6.45, 7) is 5.97. The molecule has 0 amide bonds. The predicted molar refractivity (Wildman–Crippen MR) is 144 cm³/mol. The van der Waals surface area contributed by atoms with E-state index in [9.17, 15) is 5.26 Å². The molecule has 2 saturated carbocycles. The van der Waals surface area contributed by atoms with Crippen molar-refractivity contribution < 1.29 is 9.47 Å². The number of morpholine rings is 1. The molecular formula is C30H37N5O2. The molecule has 194 valence electrons. The van der Waals surface area contributed by atoms with Crippen LogP contribution >= 0.6 is 0 Å². The molecule has 0 unspecified atom stereocenters. The van der Waals surface area contributed by atoms with Crippen LogP contribution in [0.1, 0.15) is 69.2 Å². The number of benzene rings is 1. The van der Waals surface area contributed by atoms with Crippen LogP contribution in [0.5, 0.6) is 5.88 Å². The number of hydrogen-bond acceptors (Lipinski definition) is 6. The second-order valence-electron chi connectivity index (χ2n) is 11.2. The van der Waals surface area contributed by atoms with Crippen molar-refractivity contribution in [3.8, 4) is 11.9 Å². The van der Waals surface area contributed by atoms with E-state index in [2.05, 4.69) is 57.8 Å². The van der Waals surface area contributed by atoms with E-state index in [1.807, 2.05) is 6.07 Å². The molecule has 3 aromatic rings. The summed E-state index contributed by atoms with van der Waals surface area (Å²) in [5.74, 6) is 3.49. The van der Waals surface area contributed by atoms with Gasteiger partial charge in [0.1, 0.15) is 17.3 Å². The quantitative estimate of drug-likeness (QED) is 0.404. The van der Waals surface area contributed by atoms with Crippen LogP contribution in [0.2, 0.25) is 0 Å². The first-order valence-corrected chi connectivity index (χ1v) is 14.0. The van der Waals surface area contributed by atoms with E-state index in [-0.39, 0.29) is 6.04 Å². The minimum atomic E-state index is 0.0830. The largest absolute Gasteiger partial charge is 0.476 e. The van der Waals surface area contributed by atoms with Gasteiger partial charge in [0, 0.05) is 19.2 Å². The summed E-state index contributed by atoms with van der Waals surface area (Å²) in [6.07, 6.45) is 8.70. The van der Waals surface area contributed by atoms with Gasteiger partial charge in [0.15, 0.2) is 0 Å². The lowest BCUT2D eigenvalue weighted by molar-refractivity contribution is 0.0927. The Kier molecular flexibility index (Phi) is 7.01. The number of hydrogen-bond donors (Lipinski definition) is 0. The maximum Gasteiger partial charge on any atom is 0.241 e. The zero-order valence-corrected chi connectivity index (χ0v) is 21.8. The Bertz CT molecular complexity index is 1250. The average Bonchev–Trinajstić information content (AvgIpc) is 3.27. The lowest BCUT2D eigenvalue weighted by Gasteiger charge is -2.37. The van der Waals surface area contributed by atoms with Crippen LogP contribution in [0.4, 0.5) is 5.95 Å². The minimum Gasteiger partial charge on any atom is -0.476 e. The summed E-state index contributed by atoms with van der Waals surface area (Å²) in [5, 5.41) is 9.73. The fraction of sp³-hybridized carbons (Fsp3) is 0.567. The average molecular weight is 500 g/mol. The number of aromatic nitrogens is 3. The van der Waals surface area contributed by atoms with E-state index in [1.165, 1.54) is 50.5 Å². The van der Waals surface area contributed by atoms with Gasteiger partial charge in [-0.15, -0.1) is 0 Å². The third-order valence-electron chi connectivity index (χ3n) is 8.61. The van der Waals surface area contributed by atoms with Gasteiger partial charge in [-0.3, -0.25) is 0 Å². The van der Waals surface area contributed by atoms with E-state index < -0.39 is 0 Å². The standard InChI is InChI=1S/C30H37N5O2/c1-21-10-12-22(13-11-21)18-35-28-26(16-25(17-31)32-29(28)37-19-23-6-5-7-23)33-30(35)34-14-15-36-20-27(34)24-8-3-2-4-9-24/h2-4,8-9,16,21-23,27H,5-7,10-15,18-20H2,1H3/t21-,22-,27-/m0/s1. The van der Waals surface area contributed by atoms with E-state index in [0.717, 1.165) is 36.0 Å². The molecule has 6 rings (SSSR count). The Morgan fingerprint density at radius 1 is 1.05 bits per heavy atom. The first kappa shape index (κ1) is 24.2. The van der Waals surface area contributed by atoms with Gasteiger partial charge in [0.2, 0.25) is 11.8 Å². The molecule has 37 heavy (non-hydrogen) atoms. The van der Waals surface area contributed by atoms with Gasteiger partial charge in [-0.05, 0) is 49.0 Å². The highest BCUT2D eigenvalue weighted by atomic mass is 16.5. The first-order valence-electron chi connectivity index (χ1n) is 14.0. The highest BCUT2D eigenvalue weighted by molar-refractivity contribution is 5.84. The monoisotopic (exact) mass is 499 g/mol. The van der Waals surface area contributed by atoms with Crippen molar-refractivity contribution >= 4 is 17.0 Å². The van der Waals surface area contributed by atoms with Crippen LogP contribution in [0, 0.1) is 29.1 Å². The molecule has 0 bridgehead atoms. The minimum absolute atomic E-state index is 0.0830. The molecule has 7 heteroatoms. The number of nitrogens with zero attached hydrogens (tertiary/aromatic N) is 5. The molecule has 0 spiro atoms. The summed E-state index contributed by atoms with van der Waals surface area (Å²) < 4.78 is 14.7. The maximum atomic E-state index is 9.73. The second kappa shape index (κ2) is 10.7. The normalized spacial score (nSPS) is 24.5. The number of ether oxygens (including phenoxy) is 2. The zero-order chi connectivity index (χ0) is 25.2. The van der Waals surface area contributed by atoms with Gasteiger partial charge in [0.25, 0.3) is 0 Å². The van der Waals surface area contributed by atoms with Crippen molar-refractivity contribution in [2.75, 3.05) is 31.3 Å². The Labute approximate surface area is 219 Å². The fourth-order valence-electron chi connectivity index (χ4n) is 6.08. The van der Waals surface area contributed by atoms with Crippen LogP contribution in [-0.2, 0) is 11.3 Å². The van der Waals surface area contributed by atoms with E-state index in [1.54, 1.807) is 0 Å². The Morgan fingerprint density at radius 2 is 1.86 bits per heavy atom. The Hall–Kier alpha value is -3.11. The molecule has 1 aromatic carbocycles. The molecule has 1 saturated heterocycles. The Morgan fingerprint density at radius 3 is 2.59 bits per heavy atom. The van der Waals surface area contributed by atoms with Crippen LogP contribution in [0.25, 0.3) is 11.0 Å². The van der Waals surface area contributed by atoms with E-state index in [4.69, 9.17) is 14.5 Å². The van der Waals surface area contributed by atoms with Crippen LogP contribution in [0.15, 0.2) is 36.4 Å². The molecule has 3 aliphatic rings. The summed E-state index contributed by atoms with van der Waals surface area (Å²) in [4.78, 5) is 12.2. The third kappa shape index (κ3) is 5.04. The molecule has 2 aliphatic carbocycles. The van der Waals surface area contributed by atoms with Gasteiger partial charge >= 0.3 is 0 Å². The van der Waals surface area contributed by atoms with Gasteiger partial charge in [-0.25, -0.2) is 9.97 Å². The SMILES string of the molecule is C[C@H]1CC[C@H](Cn2c(N3CCOC[C@H]3c3ccccc3)nc3cc(C#N)nc(OCC4CCC4)c32)CC1. The maximum absolute atomic E-state index is 9.73. The van der Waals surface area contributed by atoms with Crippen molar-refractivity contribution in [1.82, 2.24) is 14.5 Å². The Balaban J connectivity index is 1.44. The van der Waals surface area contributed by atoms with E-state index in [0.29, 0.717) is 43.2 Å². The van der Waals surface area contributed by atoms with E-state index >= 15 is 0 Å². The molecule has 3 heterocycles. The first-order chi connectivity index (χ1) is 18.2. The predicted octanol–water partition coefficient (Wildman–Crippen LogP) is 5.89. The summed E-state index contributed by atoms with van der Waals surface area (Å²) >= 11 is 0. The van der Waals surface area contributed by atoms with Crippen molar-refractivity contribution in [3.63, 3.8) is 0 Å². The van der Waals surface area contributed by atoms with Gasteiger partial charge in [-0.2, -0.15) is 5.26 Å². The number of pyridine rings is 1. The van der Waals surface area contributed by atoms with Crippen molar-refractivity contribution in [1.29, 1.82) is 5.26 Å². The highest BCUT2D eigenvalue weighted by Crippen LogP contribution is 2.38. The smallest absolute Gasteiger partial charge is 0.241 e. The fourth-order valence-corrected chi connectivity index (χ4v) is 6.08. The molecular weight excluding hydrogens is 462 g/mol. The molecule has 3 fully saturated rings. The summed E-state index contributed by atoms with van der Waals surface area (Å²) in [5.41, 5.74) is 3.32. The number of imidazole rings is 1. The number of rotatable bonds is 7. The third-order valence-corrected chi connectivity index (χ3v) is 8.61. The van der Waals surface area contributed by atoms with Crippen LogP contribution < -0.4 is 9.64 Å². The number of anilines is 1. The van der Waals surface area contributed by atoms with Crippen molar-refractivity contribution in [3.05, 3.63) is 47.7 Å². The molecule has 1 atom stereocenters. The van der Waals surface area contributed by atoms with Gasteiger partial charge < -0.3 is 18.9 Å². The number of nitriles is 1.